The van der Waals surface area contributed by atoms with Crippen molar-refractivity contribution in [3.05, 3.63) is 90.0 Å². The number of benzene rings is 3. The summed E-state index contributed by atoms with van der Waals surface area (Å²) in [6.45, 7) is 0.501. The fraction of sp³-hybridized carbons (Fsp3) is 0.125. The van der Waals surface area contributed by atoms with E-state index in [-0.39, 0.29) is 5.91 Å². The van der Waals surface area contributed by atoms with Gasteiger partial charge in [0.2, 0.25) is 5.91 Å². The van der Waals surface area contributed by atoms with Crippen molar-refractivity contribution in [3.63, 3.8) is 0 Å². The fourth-order valence-electron chi connectivity index (χ4n) is 2.69. The predicted octanol–water partition coefficient (Wildman–Crippen LogP) is 4.93. The van der Waals surface area contributed by atoms with Crippen LogP contribution in [0, 0.1) is 0 Å². The third-order valence-corrected chi connectivity index (χ3v) is 4.20. The molecule has 0 radical (unpaired) electrons. The lowest BCUT2D eigenvalue weighted by Gasteiger charge is -2.08. The maximum absolute atomic E-state index is 12.2. The van der Waals surface area contributed by atoms with Crippen molar-refractivity contribution in [1.29, 1.82) is 0 Å². The van der Waals surface area contributed by atoms with E-state index < -0.39 is 0 Å². The highest BCUT2D eigenvalue weighted by Gasteiger charge is 2.04. The van der Waals surface area contributed by atoms with Gasteiger partial charge in [-0.3, -0.25) is 4.79 Å². The van der Waals surface area contributed by atoms with Gasteiger partial charge in [0.05, 0.1) is 14.2 Å². The third-order valence-electron chi connectivity index (χ3n) is 4.20. The summed E-state index contributed by atoms with van der Waals surface area (Å²) in [5, 5.41) is 2.83. The van der Waals surface area contributed by atoms with Crippen LogP contribution in [-0.2, 0) is 11.4 Å². The zero-order valence-corrected chi connectivity index (χ0v) is 16.4. The van der Waals surface area contributed by atoms with E-state index in [1.807, 2.05) is 66.7 Å². The molecule has 0 spiro atoms. The van der Waals surface area contributed by atoms with Crippen molar-refractivity contribution in [2.24, 2.45) is 0 Å². The summed E-state index contributed by atoms with van der Waals surface area (Å²) in [5.74, 6) is 1.77. The molecular weight excluding hydrogens is 366 g/mol. The van der Waals surface area contributed by atoms with Crippen LogP contribution >= 0.6 is 0 Å². The van der Waals surface area contributed by atoms with E-state index in [4.69, 9.17) is 14.2 Å². The monoisotopic (exact) mass is 389 g/mol. The number of hydrogen-bond acceptors (Lipinski definition) is 4. The first-order chi connectivity index (χ1) is 14.2. The van der Waals surface area contributed by atoms with Gasteiger partial charge in [-0.05, 0) is 53.6 Å². The van der Waals surface area contributed by atoms with Gasteiger partial charge in [0.15, 0.2) is 11.5 Å². The summed E-state index contributed by atoms with van der Waals surface area (Å²) in [6, 6.07) is 22.7. The number of carbonyl (C=O) groups is 1. The largest absolute Gasteiger partial charge is 0.493 e. The average Bonchev–Trinajstić information content (AvgIpc) is 2.77. The molecule has 0 aliphatic rings. The minimum atomic E-state index is -0.224. The Morgan fingerprint density at radius 3 is 2.31 bits per heavy atom. The van der Waals surface area contributed by atoms with E-state index in [9.17, 15) is 4.79 Å². The molecule has 148 valence electrons. The topological polar surface area (TPSA) is 56.8 Å². The van der Waals surface area contributed by atoms with Gasteiger partial charge in [-0.2, -0.15) is 0 Å². The number of amides is 1. The Morgan fingerprint density at radius 1 is 0.897 bits per heavy atom. The van der Waals surface area contributed by atoms with E-state index >= 15 is 0 Å². The molecule has 29 heavy (non-hydrogen) atoms. The van der Waals surface area contributed by atoms with Crippen LogP contribution in [0.5, 0.6) is 17.2 Å². The average molecular weight is 389 g/mol. The highest BCUT2D eigenvalue weighted by molar-refractivity contribution is 6.01. The lowest BCUT2D eigenvalue weighted by Crippen LogP contribution is -2.07. The molecule has 0 heterocycles. The Labute approximate surface area is 170 Å². The first-order valence-electron chi connectivity index (χ1n) is 9.16. The summed E-state index contributed by atoms with van der Waals surface area (Å²) in [6.07, 6.45) is 3.19. The smallest absolute Gasteiger partial charge is 0.248 e. The molecule has 0 aliphatic carbocycles. The van der Waals surface area contributed by atoms with Crippen LogP contribution in [-0.4, -0.2) is 20.1 Å². The quantitative estimate of drug-likeness (QED) is 0.555. The van der Waals surface area contributed by atoms with E-state index in [0.29, 0.717) is 23.8 Å². The second-order valence-electron chi connectivity index (χ2n) is 6.24. The van der Waals surface area contributed by atoms with Crippen molar-refractivity contribution in [1.82, 2.24) is 0 Å². The maximum Gasteiger partial charge on any atom is 0.248 e. The standard InChI is InChI=1S/C24H23NO4/c1-27-22-14-8-18(16-23(22)28-2)9-15-24(26)25-20-10-12-21(13-11-20)29-17-19-6-4-3-5-7-19/h3-16H,17H2,1-2H3,(H,25,26)/b15-9+. The molecule has 0 atom stereocenters. The van der Waals surface area contributed by atoms with Crippen molar-refractivity contribution >= 4 is 17.7 Å². The number of anilines is 1. The minimum absolute atomic E-state index is 0.224. The lowest BCUT2D eigenvalue weighted by atomic mass is 10.2. The molecule has 5 nitrogen and oxygen atoms in total. The van der Waals surface area contributed by atoms with Gasteiger partial charge < -0.3 is 19.5 Å². The number of ether oxygens (including phenoxy) is 3. The molecule has 3 aromatic carbocycles. The molecule has 1 amide bonds. The van der Waals surface area contributed by atoms with Crippen molar-refractivity contribution in [2.45, 2.75) is 6.61 Å². The van der Waals surface area contributed by atoms with E-state index in [1.54, 1.807) is 26.4 Å². The van der Waals surface area contributed by atoms with Crippen LogP contribution in [0.1, 0.15) is 11.1 Å². The molecule has 0 fully saturated rings. The van der Waals surface area contributed by atoms with Gasteiger partial charge in [-0.15, -0.1) is 0 Å². The maximum atomic E-state index is 12.2. The van der Waals surface area contributed by atoms with Crippen LogP contribution in [0.3, 0.4) is 0 Å². The number of methoxy groups -OCH3 is 2. The summed E-state index contributed by atoms with van der Waals surface area (Å²) in [7, 11) is 3.16. The van der Waals surface area contributed by atoms with E-state index in [2.05, 4.69) is 5.32 Å². The van der Waals surface area contributed by atoms with Gasteiger partial charge in [0.25, 0.3) is 0 Å². The second kappa shape index (κ2) is 9.99. The van der Waals surface area contributed by atoms with Crippen LogP contribution in [0.15, 0.2) is 78.9 Å². The van der Waals surface area contributed by atoms with Crippen LogP contribution in [0.2, 0.25) is 0 Å². The van der Waals surface area contributed by atoms with E-state index in [0.717, 1.165) is 16.9 Å². The van der Waals surface area contributed by atoms with Crippen molar-refractivity contribution in [3.8, 4) is 17.2 Å². The Morgan fingerprint density at radius 2 is 1.62 bits per heavy atom. The summed E-state index contributed by atoms with van der Waals surface area (Å²) in [5.41, 5.74) is 2.63. The lowest BCUT2D eigenvalue weighted by molar-refractivity contribution is -0.111. The van der Waals surface area contributed by atoms with Crippen molar-refractivity contribution in [2.75, 3.05) is 19.5 Å². The van der Waals surface area contributed by atoms with Gasteiger partial charge in [-0.1, -0.05) is 36.4 Å². The molecule has 0 bridgehead atoms. The van der Waals surface area contributed by atoms with Gasteiger partial charge in [0, 0.05) is 11.8 Å². The number of rotatable bonds is 8. The highest BCUT2D eigenvalue weighted by Crippen LogP contribution is 2.28. The van der Waals surface area contributed by atoms with Crippen LogP contribution in [0.25, 0.3) is 6.08 Å². The Balaban J connectivity index is 1.54. The first kappa shape index (κ1) is 20.0. The molecule has 5 heteroatoms. The van der Waals surface area contributed by atoms with Gasteiger partial charge in [-0.25, -0.2) is 0 Å². The molecule has 0 aromatic heterocycles. The Kier molecular flexibility index (Phi) is 6.90. The molecule has 0 saturated carbocycles. The minimum Gasteiger partial charge on any atom is -0.493 e. The second-order valence-corrected chi connectivity index (χ2v) is 6.24. The summed E-state index contributed by atoms with van der Waals surface area (Å²) in [4.78, 5) is 12.2. The SMILES string of the molecule is COc1ccc(/C=C/C(=O)Nc2ccc(OCc3ccccc3)cc2)cc1OC. The first-order valence-corrected chi connectivity index (χ1v) is 9.16. The highest BCUT2D eigenvalue weighted by atomic mass is 16.5. The van der Waals surface area contributed by atoms with Crippen LogP contribution < -0.4 is 19.5 Å². The molecule has 0 unspecified atom stereocenters. The zero-order valence-electron chi connectivity index (χ0n) is 16.4. The molecule has 0 saturated heterocycles. The number of carbonyl (C=O) groups excluding carboxylic acids is 1. The van der Waals surface area contributed by atoms with Gasteiger partial charge >= 0.3 is 0 Å². The van der Waals surface area contributed by atoms with E-state index in [1.165, 1.54) is 6.08 Å². The Bertz CT molecular complexity index is 966. The summed E-state index contributed by atoms with van der Waals surface area (Å²) < 4.78 is 16.2. The molecule has 3 aromatic rings. The normalized spacial score (nSPS) is 10.6. The molecule has 0 aliphatic heterocycles. The fourth-order valence-corrected chi connectivity index (χ4v) is 2.69. The molecular formula is C24H23NO4. The van der Waals surface area contributed by atoms with Gasteiger partial charge in [0.1, 0.15) is 12.4 Å². The predicted molar refractivity (Wildman–Crippen MR) is 114 cm³/mol. The van der Waals surface area contributed by atoms with Crippen molar-refractivity contribution < 1.29 is 19.0 Å². The number of nitrogens with one attached hydrogen (secondary N) is 1. The molecule has 3 rings (SSSR count). The zero-order chi connectivity index (χ0) is 20.5. The number of hydrogen-bond donors (Lipinski definition) is 1. The van der Waals surface area contributed by atoms with Crippen LogP contribution in [0.4, 0.5) is 5.69 Å². The Hall–Kier alpha value is -3.73. The third kappa shape index (κ3) is 5.87. The summed E-state index contributed by atoms with van der Waals surface area (Å²) >= 11 is 0. The molecule has 1 N–H and O–H groups in total.